The summed E-state index contributed by atoms with van der Waals surface area (Å²) >= 11 is 0. The van der Waals surface area contributed by atoms with E-state index in [-0.39, 0.29) is 27.7 Å². The lowest BCUT2D eigenvalue weighted by atomic mass is 10.1. The number of sulfonamides is 1. The van der Waals surface area contributed by atoms with Gasteiger partial charge in [-0.25, -0.2) is 8.42 Å². The summed E-state index contributed by atoms with van der Waals surface area (Å²) < 4.78 is 31.8. The highest BCUT2D eigenvalue weighted by Crippen LogP contribution is 2.30. The number of hydrogen-bond donors (Lipinski definition) is 4. The van der Waals surface area contributed by atoms with Crippen molar-refractivity contribution in [2.75, 3.05) is 11.8 Å². The van der Waals surface area contributed by atoms with Crippen LogP contribution in [0.25, 0.3) is 0 Å². The highest BCUT2D eigenvalue weighted by molar-refractivity contribution is 7.92. The SMILES string of the molecule is COc1cccc(C(=N)N)c1NS(=O)(=O)c1cn[nH]c1. The first-order valence-electron chi connectivity index (χ1n) is 5.48. The van der Waals surface area contributed by atoms with E-state index in [0.29, 0.717) is 0 Å². The van der Waals surface area contributed by atoms with Crippen LogP contribution >= 0.6 is 0 Å². The molecule has 1 aromatic heterocycles. The largest absolute Gasteiger partial charge is 0.495 e. The number of nitrogens with two attached hydrogens (primary N) is 1. The van der Waals surface area contributed by atoms with Gasteiger partial charge in [0, 0.05) is 11.8 Å². The van der Waals surface area contributed by atoms with Crippen molar-refractivity contribution in [3.05, 3.63) is 36.2 Å². The van der Waals surface area contributed by atoms with Gasteiger partial charge in [0.25, 0.3) is 10.0 Å². The summed E-state index contributed by atoms with van der Waals surface area (Å²) in [7, 11) is -2.44. The average Bonchev–Trinajstić information content (AvgIpc) is 2.93. The fraction of sp³-hybridized carbons (Fsp3) is 0.0909. The van der Waals surface area contributed by atoms with Crippen molar-refractivity contribution in [1.29, 1.82) is 5.41 Å². The molecule has 106 valence electrons. The Morgan fingerprint density at radius 3 is 2.80 bits per heavy atom. The number of hydrogen-bond acceptors (Lipinski definition) is 5. The molecule has 1 aromatic carbocycles. The van der Waals surface area contributed by atoms with Gasteiger partial charge < -0.3 is 10.5 Å². The molecule has 0 fully saturated rings. The molecule has 0 saturated carbocycles. The Hall–Kier alpha value is -2.55. The van der Waals surface area contributed by atoms with Gasteiger partial charge in [0.15, 0.2) is 0 Å². The summed E-state index contributed by atoms with van der Waals surface area (Å²) in [6.07, 6.45) is 2.41. The summed E-state index contributed by atoms with van der Waals surface area (Å²) in [5.41, 5.74) is 5.80. The monoisotopic (exact) mass is 295 g/mol. The molecule has 1 heterocycles. The number of nitrogens with zero attached hydrogens (tertiary/aromatic N) is 1. The molecule has 0 saturated heterocycles. The fourth-order valence-corrected chi connectivity index (χ4v) is 2.61. The van der Waals surface area contributed by atoms with Gasteiger partial charge in [-0.1, -0.05) is 6.07 Å². The summed E-state index contributed by atoms with van der Waals surface area (Å²) in [5.74, 6) is -0.00133. The van der Waals surface area contributed by atoms with Crippen LogP contribution in [0, 0.1) is 5.41 Å². The van der Waals surface area contributed by atoms with Crippen LogP contribution in [0.4, 0.5) is 5.69 Å². The summed E-state index contributed by atoms with van der Waals surface area (Å²) in [6.45, 7) is 0. The molecule has 0 unspecified atom stereocenters. The molecule has 8 nitrogen and oxygen atoms in total. The van der Waals surface area contributed by atoms with E-state index in [1.165, 1.54) is 25.6 Å². The minimum absolute atomic E-state index is 0.0297. The number of amidine groups is 1. The number of para-hydroxylation sites is 1. The molecule has 0 radical (unpaired) electrons. The molecular weight excluding hydrogens is 282 g/mol. The van der Waals surface area contributed by atoms with Gasteiger partial charge in [-0.2, -0.15) is 5.10 Å². The van der Waals surface area contributed by atoms with Gasteiger partial charge >= 0.3 is 0 Å². The van der Waals surface area contributed by atoms with Crippen LogP contribution in [0.3, 0.4) is 0 Å². The Balaban J connectivity index is 2.51. The average molecular weight is 295 g/mol. The molecule has 0 amide bonds. The fourth-order valence-electron chi connectivity index (χ4n) is 1.61. The molecule has 0 aliphatic heterocycles. The van der Waals surface area contributed by atoms with Crippen LogP contribution in [0.5, 0.6) is 5.75 Å². The molecule has 20 heavy (non-hydrogen) atoms. The maximum Gasteiger partial charge on any atom is 0.265 e. The van der Waals surface area contributed by atoms with E-state index in [1.54, 1.807) is 12.1 Å². The van der Waals surface area contributed by atoms with Crippen molar-refractivity contribution >= 4 is 21.5 Å². The zero-order valence-electron chi connectivity index (χ0n) is 10.5. The second kappa shape index (κ2) is 5.21. The second-order valence-electron chi connectivity index (χ2n) is 3.84. The first-order valence-corrected chi connectivity index (χ1v) is 6.97. The van der Waals surface area contributed by atoms with Crippen molar-refractivity contribution in [3.63, 3.8) is 0 Å². The number of aromatic amines is 1. The van der Waals surface area contributed by atoms with Crippen molar-refractivity contribution in [3.8, 4) is 5.75 Å². The summed E-state index contributed by atoms with van der Waals surface area (Å²) in [6, 6.07) is 4.71. The van der Waals surface area contributed by atoms with Crippen LogP contribution < -0.4 is 15.2 Å². The van der Waals surface area contributed by atoms with Crippen molar-refractivity contribution in [2.45, 2.75) is 4.90 Å². The predicted molar refractivity (Wildman–Crippen MR) is 73.4 cm³/mol. The number of ether oxygens (including phenoxy) is 1. The van der Waals surface area contributed by atoms with Gasteiger partial charge in [-0.3, -0.25) is 15.2 Å². The third-order valence-electron chi connectivity index (χ3n) is 2.56. The second-order valence-corrected chi connectivity index (χ2v) is 5.52. The van der Waals surface area contributed by atoms with Crippen molar-refractivity contribution in [2.24, 2.45) is 5.73 Å². The minimum atomic E-state index is -3.83. The van der Waals surface area contributed by atoms with Crippen molar-refractivity contribution < 1.29 is 13.2 Å². The minimum Gasteiger partial charge on any atom is -0.495 e. The Kier molecular flexibility index (Phi) is 3.61. The third kappa shape index (κ3) is 2.57. The lowest BCUT2D eigenvalue weighted by Crippen LogP contribution is -2.19. The number of methoxy groups -OCH3 is 1. The normalized spacial score (nSPS) is 11.1. The van der Waals surface area contributed by atoms with E-state index in [9.17, 15) is 8.42 Å². The van der Waals surface area contributed by atoms with Gasteiger partial charge in [-0.05, 0) is 12.1 Å². The van der Waals surface area contributed by atoms with E-state index in [2.05, 4.69) is 14.9 Å². The van der Waals surface area contributed by atoms with Gasteiger partial charge in [-0.15, -0.1) is 0 Å². The molecule has 0 aliphatic carbocycles. The topological polar surface area (TPSA) is 134 Å². The smallest absolute Gasteiger partial charge is 0.265 e. The molecule has 2 aromatic rings. The van der Waals surface area contributed by atoms with E-state index < -0.39 is 10.0 Å². The molecule has 9 heteroatoms. The number of anilines is 1. The number of rotatable bonds is 5. The van der Waals surface area contributed by atoms with Gasteiger partial charge in [0.2, 0.25) is 0 Å². The van der Waals surface area contributed by atoms with E-state index in [0.717, 1.165) is 0 Å². The van der Waals surface area contributed by atoms with Gasteiger partial charge in [0.05, 0.1) is 13.3 Å². The standard InChI is InChI=1S/C11H13N5O3S/c1-19-9-4-2-3-8(11(12)13)10(9)16-20(17,18)7-5-14-15-6-7/h2-6,16H,1H3,(H3,12,13)(H,14,15). The van der Waals surface area contributed by atoms with Crippen LogP contribution in [0.1, 0.15) is 5.56 Å². The van der Waals surface area contributed by atoms with E-state index in [4.69, 9.17) is 15.9 Å². The molecule has 0 spiro atoms. The maximum atomic E-state index is 12.2. The molecule has 5 N–H and O–H groups in total. The highest BCUT2D eigenvalue weighted by Gasteiger charge is 2.20. The number of benzene rings is 1. The first kappa shape index (κ1) is 13.9. The third-order valence-corrected chi connectivity index (χ3v) is 3.87. The number of nitrogens with one attached hydrogen (secondary N) is 3. The zero-order chi connectivity index (χ0) is 14.8. The van der Waals surface area contributed by atoms with Crippen LogP contribution in [-0.4, -0.2) is 31.6 Å². The molecule has 0 bridgehead atoms. The Labute approximate surface area is 115 Å². The first-order chi connectivity index (χ1) is 9.45. The lowest BCUT2D eigenvalue weighted by molar-refractivity contribution is 0.417. The zero-order valence-corrected chi connectivity index (χ0v) is 11.4. The predicted octanol–water partition coefficient (Wildman–Crippen LogP) is 0.503. The summed E-state index contributed by atoms with van der Waals surface area (Å²) in [4.78, 5) is -0.0297. The Bertz CT molecular complexity index is 725. The van der Waals surface area contributed by atoms with Crippen molar-refractivity contribution in [1.82, 2.24) is 10.2 Å². The maximum absolute atomic E-state index is 12.2. The molecule has 2 rings (SSSR count). The highest BCUT2D eigenvalue weighted by atomic mass is 32.2. The summed E-state index contributed by atoms with van der Waals surface area (Å²) in [5, 5.41) is 13.5. The number of H-pyrrole nitrogens is 1. The quantitative estimate of drug-likeness (QED) is 0.471. The Morgan fingerprint density at radius 1 is 1.50 bits per heavy atom. The van der Waals surface area contributed by atoms with Crippen LogP contribution in [-0.2, 0) is 10.0 Å². The lowest BCUT2D eigenvalue weighted by Gasteiger charge is -2.14. The molecular formula is C11H13N5O3S. The number of nitrogen functional groups attached to an aromatic ring is 1. The van der Waals surface area contributed by atoms with E-state index >= 15 is 0 Å². The van der Waals surface area contributed by atoms with Crippen LogP contribution in [0.2, 0.25) is 0 Å². The van der Waals surface area contributed by atoms with Crippen LogP contribution in [0.15, 0.2) is 35.5 Å². The Morgan fingerprint density at radius 2 is 2.25 bits per heavy atom. The molecule has 0 atom stereocenters. The number of aromatic nitrogens is 2. The van der Waals surface area contributed by atoms with Gasteiger partial charge in [0.1, 0.15) is 22.2 Å². The van der Waals surface area contributed by atoms with E-state index in [1.807, 2.05) is 0 Å². The molecule has 0 aliphatic rings.